The van der Waals surface area contributed by atoms with Crippen molar-refractivity contribution in [1.29, 1.82) is 0 Å². The van der Waals surface area contributed by atoms with Gasteiger partial charge >= 0.3 is 5.97 Å². The Morgan fingerprint density at radius 1 is 0.725 bits per heavy atom. The maximum absolute atomic E-state index is 12.2. The number of benzene rings is 5. The first-order chi connectivity index (χ1) is 25.1. The number of hydrogen-bond donors (Lipinski definition) is 2. The molecule has 0 saturated carbocycles. The minimum atomic E-state index is -1.10. The first-order valence-electron chi connectivity index (χ1n) is 17.1. The van der Waals surface area contributed by atoms with E-state index in [0.717, 1.165) is 51.8 Å². The lowest BCUT2D eigenvalue weighted by Crippen LogP contribution is -2.39. The minimum absolute atomic E-state index is 0.0311. The number of aryl methyl sites for hydroxylation is 1. The number of carboxylic acids is 1. The van der Waals surface area contributed by atoms with Gasteiger partial charge in [0.05, 0.1) is 12.3 Å². The minimum Gasteiger partial charge on any atom is -0.477 e. The van der Waals surface area contributed by atoms with Gasteiger partial charge in [0.1, 0.15) is 11.4 Å². The van der Waals surface area contributed by atoms with Crippen molar-refractivity contribution in [2.45, 2.75) is 44.9 Å². The third-order valence-corrected chi connectivity index (χ3v) is 9.36. The highest BCUT2D eigenvalue weighted by molar-refractivity contribution is 5.87. The summed E-state index contributed by atoms with van der Waals surface area (Å²) in [4.78, 5) is 16.7. The summed E-state index contributed by atoms with van der Waals surface area (Å²) in [5.74, 6) is 0.168. The van der Waals surface area contributed by atoms with E-state index in [4.69, 9.17) is 5.21 Å². The Bertz CT molecular complexity index is 2130. The van der Waals surface area contributed by atoms with Gasteiger partial charge in [-0.1, -0.05) is 153 Å². The summed E-state index contributed by atoms with van der Waals surface area (Å²) in [6.45, 7) is 1.98. The standard InChI is InChI=1S/C42H38N6O3/c1-2-3-23-38-43-37(29-49)39(41(50)51)47(38)28-30-24-26-31(27-25-30)35-21-13-14-22-36(35)40-44-45-46-48(40)42(32-15-7-4-8-16-32,33-17-9-5-10-18-33)34-19-11-6-12-20-34/h4-22,24-27,49H,2-3,23,28-29H2,1H3,(H,50,51). The number of carboxylic acid groups (broad SMARTS) is 1. The second kappa shape index (κ2) is 14.7. The molecule has 51 heavy (non-hydrogen) atoms. The predicted molar refractivity (Wildman–Crippen MR) is 196 cm³/mol. The molecule has 254 valence electrons. The van der Waals surface area contributed by atoms with Crippen LogP contribution in [-0.2, 0) is 25.1 Å². The van der Waals surface area contributed by atoms with Crippen LogP contribution >= 0.6 is 0 Å². The van der Waals surface area contributed by atoms with Crippen LogP contribution in [0.15, 0.2) is 140 Å². The average Bonchev–Trinajstić information content (AvgIpc) is 3.81. The normalized spacial score (nSPS) is 11.5. The lowest BCUT2D eigenvalue weighted by molar-refractivity contribution is 0.0681. The van der Waals surface area contributed by atoms with Crippen molar-refractivity contribution in [3.8, 4) is 22.5 Å². The Hall–Kier alpha value is -6.19. The summed E-state index contributed by atoms with van der Waals surface area (Å²) in [7, 11) is 0. The smallest absolute Gasteiger partial charge is 0.354 e. The van der Waals surface area contributed by atoms with Gasteiger partial charge in [-0.2, -0.15) is 0 Å². The van der Waals surface area contributed by atoms with Crippen LogP contribution in [0.5, 0.6) is 0 Å². The number of unbranched alkanes of at least 4 members (excludes halogenated alkanes) is 1. The highest BCUT2D eigenvalue weighted by Crippen LogP contribution is 2.43. The van der Waals surface area contributed by atoms with Gasteiger partial charge in [0, 0.05) is 18.5 Å². The molecule has 9 nitrogen and oxygen atoms in total. The highest BCUT2D eigenvalue weighted by Gasteiger charge is 2.42. The van der Waals surface area contributed by atoms with Crippen LogP contribution in [0.25, 0.3) is 22.5 Å². The molecule has 0 radical (unpaired) electrons. The monoisotopic (exact) mass is 674 g/mol. The Morgan fingerprint density at radius 3 is 1.80 bits per heavy atom. The van der Waals surface area contributed by atoms with Crippen LogP contribution in [0.1, 0.15) is 64.0 Å². The molecule has 0 amide bonds. The van der Waals surface area contributed by atoms with E-state index in [0.29, 0.717) is 24.6 Å². The summed E-state index contributed by atoms with van der Waals surface area (Å²) < 4.78 is 3.65. The van der Waals surface area contributed by atoms with E-state index in [9.17, 15) is 15.0 Å². The molecule has 7 aromatic rings. The Morgan fingerprint density at radius 2 is 1.27 bits per heavy atom. The van der Waals surface area contributed by atoms with Gasteiger partial charge in [0.25, 0.3) is 0 Å². The van der Waals surface area contributed by atoms with Crippen LogP contribution in [0.2, 0.25) is 0 Å². The maximum atomic E-state index is 12.2. The average molecular weight is 675 g/mol. The van der Waals surface area contributed by atoms with Crippen LogP contribution in [0.4, 0.5) is 0 Å². The zero-order valence-corrected chi connectivity index (χ0v) is 28.3. The summed E-state index contributed by atoms with van der Waals surface area (Å²) in [6.07, 6.45) is 2.45. The van der Waals surface area contributed by atoms with E-state index < -0.39 is 18.1 Å². The van der Waals surface area contributed by atoms with Crippen molar-refractivity contribution in [3.05, 3.63) is 179 Å². The lowest BCUT2D eigenvalue weighted by Gasteiger charge is -2.36. The summed E-state index contributed by atoms with van der Waals surface area (Å²) in [5, 5.41) is 33.6. The van der Waals surface area contributed by atoms with Gasteiger partial charge in [-0.25, -0.2) is 14.5 Å². The Balaban J connectivity index is 1.33. The molecule has 0 bridgehead atoms. The second-order valence-electron chi connectivity index (χ2n) is 12.4. The fourth-order valence-electron chi connectivity index (χ4n) is 6.99. The topological polar surface area (TPSA) is 119 Å². The van der Waals surface area contributed by atoms with E-state index in [1.807, 2.05) is 102 Å². The molecule has 9 heteroatoms. The number of hydrogen-bond acceptors (Lipinski definition) is 6. The highest BCUT2D eigenvalue weighted by atomic mass is 16.4. The zero-order chi connectivity index (χ0) is 35.2. The number of aliphatic hydroxyl groups excluding tert-OH is 1. The quantitative estimate of drug-likeness (QED) is 0.121. The molecule has 0 fully saturated rings. The number of tetrazole rings is 1. The molecule has 0 aliphatic heterocycles. The maximum Gasteiger partial charge on any atom is 0.354 e. The number of nitrogens with zero attached hydrogens (tertiary/aromatic N) is 6. The summed E-state index contributed by atoms with van der Waals surface area (Å²) in [5.41, 5.74) is 6.05. The molecule has 2 aromatic heterocycles. The van der Waals surface area contributed by atoms with Gasteiger partial charge in [-0.3, -0.25) is 0 Å². The number of aromatic nitrogens is 6. The van der Waals surface area contributed by atoms with Crippen molar-refractivity contribution >= 4 is 5.97 Å². The van der Waals surface area contributed by atoms with Gasteiger partial charge in [0.15, 0.2) is 11.5 Å². The fourth-order valence-corrected chi connectivity index (χ4v) is 6.99. The van der Waals surface area contributed by atoms with Crippen molar-refractivity contribution in [2.24, 2.45) is 0 Å². The molecule has 0 unspecified atom stereocenters. The molecule has 0 aliphatic rings. The Labute approximate surface area is 296 Å². The first kappa shape index (κ1) is 33.3. The lowest BCUT2D eigenvalue weighted by atomic mass is 9.77. The van der Waals surface area contributed by atoms with Crippen molar-refractivity contribution < 1.29 is 15.0 Å². The van der Waals surface area contributed by atoms with Crippen molar-refractivity contribution in [3.63, 3.8) is 0 Å². The third-order valence-electron chi connectivity index (χ3n) is 9.36. The van der Waals surface area contributed by atoms with Gasteiger partial charge in [0.2, 0.25) is 0 Å². The molecule has 0 spiro atoms. The summed E-state index contributed by atoms with van der Waals surface area (Å²) in [6, 6.07) is 47.1. The molecule has 0 atom stereocenters. The molecular weight excluding hydrogens is 637 g/mol. The van der Waals surface area contributed by atoms with E-state index in [2.05, 4.69) is 64.7 Å². The number of aromatic carboxylic acids is 1. The summed E-state index contributed by atoms with van der Waals surface area (Å²) >= 11 is 0. The molecule has 0 aliphatic carbocycles. The Kier molecular flexibility index (Phi) is 9.63. The number of rotatable bonds is 13. The molecule has 2 N–H and O–H groups in total. The molecular formula is C42H38N6O3. The predicted octanol–water partition coefficient (Wildman–Crippen LogP) is 7.63. The van der Waals surface area contributed by atoms with Crippen LogP contribution < -0.4 is 0 Å². The molecule has 2 heterocycles. The largest absolute Gasteiger partial charge is 0.477 e. The second-order valence-corrected chi connectivity index (χ2v) is 12.4. The number of carbonyl (C=O) groups is 1. The van der Waals surface area contributed by atoms with Crippen LogP contribution in [0, 0.1) is 0 Å². The fraction of sp³-hybridized carbons (Fsp3) is 0.167. The van der Waals surface area contributed by atoms with E-state index in [1.165, 1.54) is 0 Å². The molecule has 7 rings (SSSR count). The van der Waals surface area contributed by atoms with Gasteiger partial charge in [-0.05, 0) is 50.2 Å². The van der Waals surface area contributed by atoms with Crippen LogP contribution in [0.3, 0.4) is 0 Å². The van der Waals surface area contributed by atoms with Gasteiger partial charge < -0.3 is 14.8 Å². The van der Waals surface area contributed by atoms with E-state index in [-0.39, 0.29) is 11.4 Å². The third kappa shape index (κ3) is 6.24. The SMILES string of the molecule is CCCCc1nc(CO)c(C(=O)O)n1Cc1ccc(-c2ccccc2-c2nnnn2C(c2ccccc2)(c2ccccc2)c2ccccc2)cc1. The molecule has 5 aromatic carbocycles. The van der Waals surface area contributed by atoms with E-state index in [1.54, 1.807) is 4.57 Å². The molecule has 0 saturated heterocycles. The number of aliphatic hydroxyl groups is 1. The van der Waals surface area contributed by atoms with Gasteiger partial charge in [-0.15, -0.1) is 5.10 Å². The van der Waals surface area contributed by atoms with E-state index >= 15 is 0 Å². The first-order valence-corrected chi connectivity index (χ1v) is 17.1. The zero-order valence-electron chi connectivity index (χ0n) is 28.3. The van der Waals surface area contributed by atoms with Crippen LogP contribution in [-0.4, -0.2) is 45.9 Å². The number of imidazole rings is 1. The van der Waals surface area contributed by atoms with Crippen molar-refractivity contribution in [1.82, 2.24) is 29.8 Å². The van der Waals surface area contributed by atoms with Crippen molar-refractivity contribution in [2.75, 3.05) is 0 Å².